The minimum Gasteiger partial charge on any atom is -0.486 e. The number of benzene rings is 1. The van der Waals surface area contributed by atoms with Crippen LogP contribution in [0.2, 0.25) is 0 Å². The number of nitrogens with zero attached hydrogens (tertiary/aromatic N) is 2. The van der Waals surface area contributed by atoms with Crippen LogP contribution in [0.1, 0.15) is 27.2 Å². The summed E-state index contributed by atoms with van der Waals surface area (Å²) in [6.45, 7) is 13.1. The van der Waals surface area contributed by atoms with Crippen molar-refractivity contribution in [3.8, 4) is 5.75 Å². The van der Waals surface area contributed by atoms with Crippen molar-refractivity contribution >= 4 is 11.8 Å². The molecule has 1 atom stereocenters. The lowest BCUT2D eigenvalue weighted by Gasteiger charge is -2.24. The second-order valence-electron chi connectivity index (χ2n) is 6.18. The first-order valence-corrected chi connectivity index (χ1v) is 7.10. The number of halogens is 1. The predicted molar refractivity (Wildman–Crippen MR) is 79.5 cm³/mol. The summed E-state index contributed by atoms with van der Waals surface area (Å²) in [4.78, 5) is 16.7. The van der Waals surface area contributed by atoms with Crippen LogP contribution in [0.5, 0.6) is 5.75 Å². The lowest BCUT2D eigenvalue weighted by molar-refractivity contribution is 0.0275. The van der Waals surface area contributed by atoms with Gasteiger partial charge in [-0.1, -0.05) is 6.07 Å². The number of hydrogen-bond acceptors (Lipinski definition) is 3. The molecule has 1 aromatic rings. The Morgan fingerprint density at radius 2 is 2.18 bits per heavy atom. The Bertz CT molecular complexity index is 604. The Hall–Kier alpha value is -2.29. The molecule has 0 saturated carbocycles. The summed E-state index contributed by atoms with van der Waals surface area (Å²) in [5.41, 5.74) is -0.316. The second kappa shape index (κ2) is 6.22. The molecule has 0 bridgehead atoms. The zero-order valence-corrected chi connectivity index (χ0v) is 12.9. The first kappa shape index (κ1) is 16.1. The first-order valence-electron chi connectivity index (χ1n) is 7.10. The van der Waals surface area contributed by atoms with Gasteiger partial charge in [0.2, 0.25) is 0 Å². The van der Waals surface area contributed by atoms with Crippen LogP contribution in [0, 0.1) is 12.4 Å². The van der Waals surface area contributed by atoms with Crippen molar-refractivity contribution in [3.05, 3.63) is 35.4 Å². The fourth-order valence-corrected chi connectivity index (χ4v) is 2.15. The maximum absolute atomic E-state index is 13.8. The number of likely N-dealkylation sites (tertiary alicyclic amines) is 1. The molecule has 1 aliphatic rings. The third kappa shape index (κ3) is 4.10. The molecule has 1 saturated heterocycles. The lowest BCUT2D eigenvalue weighted by Crippen LogP contribution is -2.36. The summed E-state index contributed by atoms with van der Waals surface area (Å²) in [5.74, 6) is -0.465. The van der Waals surface area contributed by atoms with E-state index in [1.165, 1.54) is 12.1 Å². The highest BCUT2D eigenvalue weighted by Gasteiger charge is 2.31. The summed E-state index contributed by atoms with van der Waals surface area (Å²) in [6, 6.07) is 4.09. The Labute approximate surface area is 129 Å². The molecule has 5 nitrogen and oxygen atoms in total. The highest BCUT2D eigenvalue weighted by atomic mass is 19.1. The van der Waals surface area contributed by atoms with Crippen LogP contribution in [0.15, 0.2) is 18.2 Å². The standard InChI is InChI=1S/C16H19FN2O3/c1-16(2,3)22-15(20)19-8-7-12(10-19)21-14-6-5-11(18-4)9-13(14)17/h5-6,9,12H,7-8,10H2,1-3H3/t12-/m0/s1. The van der Waals surface area contributed by atoms with Crippen molar-refractivity contribution in [2.24, 2.45) is 0 Å². The minimum atomic E-state index is -0.566. The molecule has 1 aromatic carbocycles. The summed E-state index contributed by atoms with van der Waals surface area (Å²) in [5, 5.41) is 0. The molecule has 0 aliphatic carbocycles. The van der Waals surface area contributed by atoms with Crippen LogP contribution in [0.25, 0.3) is 4.85 Å². The quantitative estimate of drug-likeness (QED) is 0.781. The van der Waals surface area contributed by atoms with Gasteiger partial charge in [-0.05, 0) is 32.9 Å². The Morgan fingerprint density at radius 1 is 1.45 bits per heavy atom. The van der Waals surface area contributed by atoms with Gasteiger partial charge in [-0.25, -0.2) is 14.0 Å². The van der Waals surface area contributed by atoms with Gasteiger partial charge in [0.25, 0.3) is 0 Å². The summed E-state index contributed by atoms with van der Waals surface area (Å²) in [7, 11) is 0. The van der Waals surface area contributed by atoms with E-state index in [1.54, 1.807) is 4.90 Å². The molecule has 1 heterocycles. The number of rotatable bonds is 2. The molecule has 1 amide bonds. The highest BCUT2D eigenvalue weighted by Crippen LogP contribution is 2.26. The first-order chi connectivity index (χ1) is 10.3. The molecule has 0 N–H and O–H groups in total. The Balaban J connectivity index is 1.94. The molecule has 1 fully saturated rings. The van der Waals surface area contributed by atoms with Crippen LogP contribution in [-0.2, 0) is 4.74 Å². The van der Waals surface area contributed by atoms with Gasteiger partial charge >= 0.3 is 6.09 Å². The van der Waals surface area contributed by atoms with Gasteiger partial charge in [-0.15, -0.1) is 0 Å². The van der Waals surface area contributed by atoms with Crippen molar-refractivity contribution in [1.29, 1.82) is 0 Å². The summed E-state index contributed by atoms with van der Waals surface area (Å²) in [6.07, 6.45) is -0.0493. The molecule has 0 aromatic heterocycles. The van der Waals surface area contributed by atoms with Gasteiger partial charge in [0.1, 0.15) is 11.7 Å². The van der Waals surface area contributed by atoms with Crippen molar-refractivity contribution < 1.29 is 18.7 Å². The largest absolute Gasteiger partial charge is 0.486 e. The van der Waals surface area contributed by atoms with E-state index < -0.39 is 11.4 Å². The predicted octanol–water partition coefficient (Wildman–Crippen LogP) is 3.76. The van der Waals surface area contributed by atoms with E-state index in [0.29, 0.717) is 19.5 Å². The van der Waals surface area contributed by atoms with Gasteiger partial charge in [0, 0.05) is 13.0 Å². The highest BCUT2D eigenvalue weighted by molar-refractivity contribution is 5.68. The third-order valence-electron chi connectivity index (χ3n) is 3.13. The third-order valence-corrected chi connectivity index (χ3v) is 3.13. The molecule has 6 heteroatoms. The molecular formula is C16H19FN2O3. The Morgan fingerprint density at radius 3 is 2.77 bits per heavy atom. The number of ether oxygens (including phenoxy) is 2. The zero-order valence-electron chi connectivity index (χ0n) is 12.9. The summed E-state index contributed by atoms with van der Waals surface area (Å²) >= 11 is 0. The van der Waals surface area contributed by atoms with Crippen LogP contribution in [-0.4, -0.2) is 35.8 Å². The molecule has 22 heavy (non-hydrogen) atoms. The van der Waals surface area contributed by atoms with E-state index in [4.69, 9.17) is 16.0 Å². The molecule has 0 radical (unpaired) electrons. The number of hydrogen-bond donors (Lipinski definition) is 0. The van der Waals surface area contributed by atoms with E-state index in [1.807, 2.05) is 20.8 Å². The monoisotopic (exact) mass is 306 g/mol. The smallest absolute Gasteiger partial charge is 0.410 e. The average Bonchev–Trinajstić information content (AvgIpc) is 2.88. The van der Waals surface area contributed by atoms with E-state index in [0.717, 1.165) is 6.07 Å². The fourth-order valence-electron chi connectivity index (χ4n) is 2.15. The van der Waals surface area contributed by atoms with Gasteiger partial charge < -0.3 is 14.4 Å². The topological polar surface area (TPSA) is 43.1 Å². The van der Waals surface area contributed by atoms with Crippen molar-refractivity contribution in [3.63, 3.8) is 0 Å². The van der Waals surface area contributed by atoms with Crippen LogP contribution >= 0.6 is 0 Å². The molecule has 118 valence electrons. The van der Waals surface area contributed by atoms with Gasteiger partial charge in [-0.2, -0.15) is 0 Å². The maximum Gasteiger partial charge on any atom is 0.410 e. The Kier molecular flexibility index (Phi) is 4.55. The maximum atomic E-state index is 13.8. The van der Waals surface area contributed by atoms with Crippen LogP contribution < -0.4 is 4.74 Å². The summed E-state index contributed by atoms with van der Waals surface area (Å²) < 4.78 is 24.7. The van der Waals surface area contributed by atoms with Crippen LogP contribution in [0.3, 0.4) is 0 Å². The lowest BCUT2D eigenvalue weighted by atomic mass is 10.2. The minimum absolute atomic E-state index is 0.100. The van der Waals surface area contributed by atoms with Crippen molar-refractivity contribution in [1.82, 2.24) is 4.90 Å². The van der Waals surface area contributed by atoms with Crippen LogP contribution in [0.4, 0.5) is 14.9 Å². The molecule has 2 rings (SSSR count). The number of carbonyl (C=O) groups is 1. The van der Waals surface area contributed by atoms with E-state index in [9.17, 15) is 9.18 Å². The SMILES string of the molecule is [C-]#[N+]c1ccc(O[C@H]2CCN(C(=O)OC(C)(C)C)C2)c(F)c1. The fraction of sp³-hybridized carbons (Fsp3) is 0.500. The molecule has 0 unspecified atom stereocenters. The molecular weight excluding hydrogens is 287 g/mol. The van der Waals surface area contributed by atoms with E-state index in [-0.39, 0.29) is 23.6 Å². The molecule has 0 spiro atoms. The normalized spacial score (nSPS) is 18.0. The zero-order chi connectivity index (χ0) is 16.3. The second-order valence-corrected chi connectivity index (χ2v) is 6.18. The van der Waals surface area contributed by atoms with Gasteiger partial charge in [0.05, 0.1) is 13.1 Å². The van der Waals surface area contributed by atoms with Gasteiger partial charge in [0.15, 0.2) is 17.3 Å². The average molecular weight is 306 g/mol. The van der Waals surface area contributed by atoms with Crippen molar-refractivity contribution in [2.75, 3.05) is 13.1 Å². The van der Waals surface area contributed by atoms with E-state index in [2.05, 4.69) is 4.85 Å². The van der Waals surface area contributed by atoms with E-state index >= 15 is 0 Å². The van der Waals surface area contributed by atoms with Crippen molar-refractivity contribution in [2.45, 2.75) is 38.9 Å². The number of carbonyl (C=O) groups excluding carboxylic acids is 1. The van der Waals surface area contributed by atoms with Gasteiger partial charge in [-0.3, -0.25) is 0 Å². The molecule has 1 aliphatic heterocycles. The number of amides is 1.